The SMILES string of the molecule is COc1cc2c(cc1CCCOC(=O)/C=C/c1ccccc1)OCO2. The summed E-state index contributed by atoms with van der Waals surface area (Å²) in [5, 5.41) is 0. The van der Waals surface area contributed by atoms with Gasteiger partial charge in [-0.25, -0.2) is 4.79 Å². The highest BCUT2D eigenvalue weighted by Gasteiger charge is 2.17. The van der Waals surface area contributed by atoms with E-state index >= 15 is 0 Å². The van der Waals surface area contributed by atoms with Crippen molar-refractivity contribution < 1.29 is 23.7 Å². The fraction of sp³-hybridized carbons (Fsp3) is 0.250. The van der Waals surface area contributed by atoms with E-state index < -0.39 is 0 Å². The minimum atomic E-state index is -0.346. The molecule has 1 aliphatic rings. The predicted molar refractivity (Wildman–Crippen MR) is 93.9 cm³/mol. The second-order valence-electron chi connectivity index (χ2n) is 5.53. The molecule has 0 atom stereocenters. The number of rotatable bonds is 7. The van der Waals surface area contributed by atoms with Gasteiger partial charge >= 0.3 is 5.97 Å². The average molecular weight is 340 g/mol. The number of methoxy groups -OCH3 is 1. The first-order chi connectivity index (χ1) is 12.3. The molecule has 2 aromatic rings. The Hall–Kier alpha value is -2.95. The highest BCUT2D eigenvalue weighted by atomic mass is 16.7. The molecule has 0 aromatic heterocycles. The third-order valence-corrected chi connectivity index (χ3v) is 3.82. The zero-order valence-corrected chi connectivity index (χ0v) is 14.1. The molecule has 0 fully saturated rings. The van der Waals surface area contributed by atoms with Gasteiger partial charge < -0.3 is 18.9 Å². The summed E-state index contributed by atoms with van der Waals surface area (Å²) in [6.45, 7) is 0.572. The lowest BCUT2D eigenvalue weighted by Gasteiger charge is -2.10. The van der Waals surface area contributed by atoms with E-state index in [4.69, 9.17) is 18.9 Å². The minimum Gasteiger partial charge on any atom is -0.496 e. The van der Waals surface area contributed by atoms with Crippen LogP contribution in [0, 0.1) is 0 Å². The number of carbonyl (C=O) groups is 1. The smallest absolute Gasteiger partial charge is 0.330 e. The highest BCUT2D eigenvalue weighted by Crippen LogP contribution is 2.38. The van der Waals surface area contributed by atoms with Gasteiger partial charge in [0, 0.05) is 12.1 Å². The number of hydrogen-bond acceptors (Lipinski definition) is 5. The van der Waals surface area contributed by atoms with E-state index in [0.29, 0.717) is 18.8 Å². The molecule has 5 nitrogen and oxygen atoms in total. The van der Waals surface area contributed by atoms with Crippen molar-refractivity contribution in [2.75, 3.05) is 20.5 Å². The van der Waals surface area contributed by atoms with E-state index in [-0.39, 0.29) is 12.8 Å². The lowest BCUT2D eigenvalue weighted by atomic mass is 10.1. The van der Waals surface area contributed by atoms with Gasteiger partial charge in [-0.3, -0.25) is 0 Å². The van der Waals surface area contributed by atoms with Crippen molar-refractivity contribution in [3.05, 3.63) is 59.7 Å². The van der Waals surface area contributed by atoms with Crippen LogP contribution in [0.2, 0.25) is 0 Å². The van der Waals surface area contributed by atoms with E-state index in [9.17, 15) is 4.79 Å². The molecule has 0 saturated heterocycles. The maximum atomic E-state index is 11.7. The van der Waals surface area contributed by atoms with Crippen molar-refractivity contribution in [2.24, 2.45) is 0 Å². The molecule has 0 radical (unpaired) electrons. The van der Waals surface area contributed by atoms with E-state index in [2.05, 4.69) is 0 Å². The minimum absolute atomic E-state index is 0.229. The zero-order chi connectivity index (χ0) is 17.5. The number of ether oxygens (including phenoxy) is 4. The van der Waals surface area contributed by atoms with Crippen LogP contribution in [0.15, 0.2) is 48.5 Å². The van der Waals surface area contributed by atoms with Gasteiger partial charge in [-0.15, -0.1) is 0 Å². The van der Waals surface area contributed by atoms with Crippen LogP contribution in [0.1, 0.15) is 17.5 Å². The fourth-order valence-corrected chi connectivity index (χ4v) is 2.56. The quantitative estimate of drug-likeness (QED) is 0.438. The summed E-state index contributed by atoms with van der Waals surface area (Å²) in [5.41, 5.74) is 1.96. The summed E-state index contributed by atoms with van der Waals surface area (Å²) in [6.07, 6.45) is 4.59. The molecule has 2 aromatic carbocycles. The Bertz CT molecular complexity index is 752. The standard InChI is InChI=1S/C20H20O5/c1-22-17-13-19-18(24-14-25-19)12-16(17)8-5-11-23-20(21)10-9-15-6-3-2-4-7-15/h2-4,6-7,9-10,12-13H,5,8,11,14H2,1H3/b10-9+. The van der Waals surface area contributed by atoms with Crippen molar-refractivity contribution in [3.8, 4) is 17.2 Å². The third kappa shape index (κ3) is 4.53. The Morgan fingerprint density at radius 1 is 1.16 bits per heavy atom. The number of aryl methyl sites for hydroxylation is 1. The van der Waals surface area contributed by atoms with Crippen molar-refractivity contribution >= 4 is 12.0 Å². The van der Waals surface area contributed by atoms with Crippen LogP contribution in [0.5, 0.6) is 17.2 Å². The molecule has 1 aliphatic heterocycles. The number of carbonyl (C=O) groups excluding carboxylic acids is 1. The highest BCUT2D eigenvalue weighted by molar-refractivity contribution is 5.87. The van der Waals surface area contributed by atoms with Crippen molar-refractivity contribution in [3.63, 3.8) is 0 Å². The van der Waals surface area contributed by atoms with E-state index in [1.54, 1.807) is 13.2 Å². The van der Waals surface area contributed by atoms with Gasteiger partial charge in [0.1, 0.15) is 5.75 Å². The monoisotopic (exact) mass is 340 g/mol. The van der Waals surface area contributed by atoms with Crippen LogP contribution >= 0.6 is 0 Å². The number of benzene rings is 2. The molecular weight excluding hydrogens is 320 g/mol. The molecule has 0 unspecified atom stereocenters. The molecule has 3 rings (SSSR count). The molecule has 0 bridgehead atoms. The number of fused-ring (bicyclic) bond motifs is 1. The topological polar surface area (TPSA) is 54.0 Å². The summed E-state index contributed by atoms with van der Waals surface area (Å²) in [5.74, 6) is 1.82. The largest absolute Gasteiger partial charge is 0.496 e. The summed E-state index contributed by atoms with van der Waals surface area (Å²) < 4.78 is 21.3. The van der Waals surface area contributed by atoms with Crippen LogP contribution < -0.4 is 14.2 Å². The number of hydrogen-bond donors (Lipinski definition) is 0. The first-order valence-electron chi connectivity index (χ1n) is 8.12. The van der Waals surface area contributed by atoms with E-state index in [1.807, 2.05) is 42.5 Å². The van der Waals surface area contributed by atoms with Crippen molar-refractivity contribution in [1.29, 1.82) is 0 Å². The summed E-state index contributed by atoms with van der Waals surface area (Å²) in [7, 11) is 1.62. The van der Waals surface area contributed by atoms with Gasteiger partial charge in [0.05, 0.1) is 13.7 Å². The lowest BCUT2D eigenvalue weighted by Crippen LogP contribution is -2.04. The van der Waals surface area contributed by atoms with Crippen LogP contribution in [0.25, 0.3) is 6.08 Å². The first-order valence-corrected chi connectivity index (χ1v) is 8.12. The van der Waals surface area contributed by atoms with Crippen LogP contribution in [0.4, 0.5) is 0 Å². The van der Waals surface area contributed by atoms with Gasteiger partial charge in [0.2, 0.25) is 6.79 Å². The Kier molecular flexibility index (Phi) is 5.57. The molecule has 0 saturated carbocycles. The lowest BCUT2D eigenvalue weighted by molar-refractivity contribution is -0.137. The molecule has 130 valence electrons. The molecule has 0 spiro atoms. The Labute approximate surface area is 146 Å². The zero-order valence-electron chi connectivity index (χ0n) is 14.1. The van der Waals surface area contributed by atoms with Crippen LogP contribution in [-0.4, -0.2) is 26.5 Å². The Morgan fingerprint density at radius 2 is 1.92 bits per heavy atom. The molecule has 0 N–H and O–H groups in total. The fourth-order valence-electron chi connectivity index (χ4n) is 2.56. The Balaban J connectivity index is 1.47. The molecule has 0 amide bonds. The van der Waals surface area contributed by atoms with E-state index in [1.165, 1.54) is 6.08 Å². The molecule has 1 heterocycles. The molecule has 25 heavy (non-hydrogen) atoms. The van der Waals surface area contributed by atoms with Gasteiger partial charge in [0.25, 0.3) is 0 Å². The van der Waals surface area contributed by atoms with Crippen LogP contribution in [-0.2, 0) is 16.0 Å². The summed E-state index contributed by atoms with van der Waals surface area (Å²) in [4.78, 5) is 11.7. The average Bonchev–Trinajstić information content (AvgIpc) is 3.11. The van der Waals surface area contributed by atoms with Crippen LogP contribution in [0.3, 0.4) is 0 Å². The first kappa shape index (κ1) is 16.9. The van der Waals surface area contributed by atoms with Gasteiger partial charge in [-0.1, -0.05) is 30.3 Å². The molecule has 5 heteroatoms. The van der Waals surface area contributed by atoms with Crippen molar-refractivity contribution in [2.45, 2.75) is 12.8 Å². The summed E-state index contributed by atoms with van der Waals surface area (Å²) >= 11 is 0. The van der Waals surface area contributed by atoms with Crippen molar-refractivity contribution in [1.82, 2.24) is 0 Å². The normalized spacial score (nSPS) is 12.4. The third-order valence-electron chi connectivity index (χ3n) is 3.82. The maximum absolute atomic E-state index is 11.7. The molecule has 0 aliphatic carbocycles. The summed E-state index contributed by atoms with van der Waals surface area (Å²) in [6, 6.07) is 13.4. The van der Waals surface area contributed by atoms with Gasteiger partial charge in [-0.2, -0.15) is 0 Å². The predicted octanol–water partition coefficient (Wildman–Crippen LogP) is 3.61. The Morgan fingerprint density at radius 3 is 2.68 bits per heavy atom. The van der Waals surface area contributed by atoms with E-state index in [0.717, 1.165) is 29.0 Å². The number of esters is 1. The second kappa shape index (κ2) is 8.24. The van der Waals surface area contributed by atoms with Gasteiger partial charge in [-0.05, 0) is 36.1 Å². The second-order valence-corrected chi connectivity index (χ2v) is 5.53. The molecular formula is C20H20O5. The maximum Gasteiger partial charge on any atom is 0.330 e. The van der Waals surface area contributed by atoms with Gasteiger partial charge in [0.15, 0.2) is 11.5 Å².